The first-order chi connectivity index (χ1) is 12.0. The van der Waals surface area contributed by atoms with E-state index in [1.807, 2.05) is 68.4 Å². The Labute approximate surface area is 149 Å². The SMILES string of the molecule is Cc1ccc(CN(c2ccccc2C)S(=O)(=O)c2ccccc2)cc1. The number of aryl methyl sites for hydroxylation is 2. The number of benzene rings is 3. The van der Waals surface area contributed by atoms with Crippen LogP contribution in [0.3, 0.4) is 0 Å². The number of sulfonamides is 1. The van der Waals surface area contributed by atoms with Crippen molar-refractivity contribution < 1.29 is 8.42 Å². The van der Waals surface area contributed by atoms with Gasteiger partial charge in [-0.25, -0.2) is 8.42 Å². The lowest BCUT2D eigenvalue weighted by atomic mass is 10.1. The molecule has 0 unspecified atom stereocenters. The van der Waals surface area contributed by atoms with Crippen LogP contribution < -0.4 is 4.31 Å². The van der Waals surface area contributed by atoms with E-state index in [-0.39, 0.29) is 0 Å². The van der Waals surface area contributed by atoms with Gasteiger partial charge in [-0.1, -0.05) is 66.2 Å². The number of hydrogen-bond donors (Lipinski definition) is 0. The van der Waals surface area contributed by atoms with E-state index in [1.54, 1.807) is 24.3 Å². The molecule has 3 aromatic rings. The van der Waals surface area contributed by atoms with Crippen molar-refractivity contribution in [1.82, 2.24) is 0 Å². The number of hydrogen-bond acceptors (Lipinski definition) is 2. The molecule has 0 amide bonds. The average Bonchev–Trinajstić information content (AvgIpc) is 2.63. The molecule has 0 aliphatic rings. The molecule has 4 heteroatoms. The zero-order chi connectivity index (χ0) is 17.9. The van der Waals surface area contributed by atoms with Gasteiger partial charge in [0, 0.05) is 0 Å². The number of para-hydroxylation sites is 1. The van der Waals surface area contributed by atoms with Crippen LogP contribution in [0.5, 0.6) is 0 Å². The van der Waals surface area contributed by atoms with E-state index in [1.165, 1.54) is 4.31 Å². The average molecular weight is 351 g/mol. The monoisotopic (exact) mass is 351 g/mol. The van der Waals surface area contributed by atoms with E-state index in [4.69, 9.17) is 0 Å². The van der Waals surface area contributed by atoms with Crippen molar-refractivity contribution in [2.75, 3.05) is 4.31 Å². The molecular formula is C21H21NO2S. The zero-order valence-corrected chi connectivity index (χ0v) is 15.2. The van der Waals surface area contributed by atoms with Crippen LogP contribution in [0.15, 0.2) is 83.8 Å². The van der Waals surface area contributed by atoms with Crippen molar-refractivity contribution >= 4 is 15.7 Å². The van der Waals surface area contributed by atoms with Gasteiger partial charge in [-0.15, -0.1) is 0 Å². The maximum atomic E-state index is 13.3. The minimum atomic E-state index is -3.65. The second-order valence-electron chi connectivity index (χ2n) is 6.10. The highest BCUT2D eigenvalue weighted by molar-refractivity contribution is 7.92. The molecule has 0 saturated carbocycles. The van der Waals surface area contributed by atoms with Crippen molar-refractivity contribution in [2.24, 2.45) is 0 Å². The van der Waals surface area contributed by atoms with Crippen molar-refractivity contribution in [1.29, 1.82) is 0 Å². The van der Waals surface area contributed by atoms with E-state index in [0.29, 0.717) is 17.1 Å². The summed E-state index contributed by atoms with van der Waals surface area (Å²) in [4.78, 5) is 0.297. The molecule has 0 atom stereocenters. The number of rotatable bonds is 5. The van der Waals surface area contributed by atoms with E-state index in [0.717, 1.165) is 16.7 Å². The van der Waals surface area contributed by atoms with Crippen LogP contribution in [-0.2, 0) is 16.6 Å². The molecule has 25 heavy (non-hydrogen) atoms. The maximum absolute atomic E-state index is 13.3. The number of nitrogens with zero attached hydrogens (tertiary/aromatic N) is 1. The van der Waals surface area contributed by atoms with Gasteiger partial charge in [-0.05, 0) is 43.2 Å². The van der Waals surface area contributed by atoms with Crippen LogP contribution in [0.2, 0.25) is 0 Å². The van der Waals surface area contributed by atoms with Gasteiger partial charge in [-0.3, -0.25) is 4.31 Å². The summed E-state index contributed by atoms with van der Waals surface area (Å²) in [7, 11) is -3.65. The molecule has 3 nitrogen and oxygen atoms in total. The molecule has 0 aromatic heterocycles. The molecule has 0 N–H and O–H groups in total. The Bertz CT molecular complexity index is 949. The fraction of sp³-hybridized carbons (Fsp3) is 0.143. The predicted octanol–water partition coefficient (Wildman–Crippen LogP) is 4.70. The molecule has 0 radical (unpaired) electrons. The van der Waals surface area contributed by atoms with Gasteiger partial charge < -0.3 is 0 Å². The molecular weight excluding hydrogens is 330 g/mol. The molecule has 0 saturated heterocycles. The lowest BCUT2D eigenvalue weighted by Crippen LogP contribution is -2.31. The number of anilines is 1. The molecule has 3 aromatic carbocycles. The minimum Gasteiger partial charge on any atom is -0.262 e. The van der Waals surface area contributed by atoms with Crippen LogP contribution >= 0.6 is 0 Å². The normalized spacial score (nSPS) is 11.3. The summed E-state index contributed by atoms with van der Waals surface area (Å²) in [5.74, 6) is 0. The summed E-state index contributed by atoms with van der Waals surface area (Å²) < 4.78 is 28.1. The Kier molecular flexibility index (Phi) is 4.91. The second kappa shape index (κ2) is 7.11. The lowest BCUT2D eigenvalue weighted by Gasteiger charge is -2.26. The van der Waals surface area contributed by atoms with Gasteiger partial charge in [0.2, 0.25) is 0 Å². The highest BCUT2D eigenvalue weighted by Gasteiger charge is 2.26. The molecule has 0 aliphatic carbocycles. The van der Waals surface area contributed by atoms with Crippen LogP contribution in [0.25, 0.3) is 0 Å². The van der Waals surface area contributed by atoms with E-state index in [9.17, 15) is 8.42 Å². The Balaban J connectivity index is 2.09. The second-order valence-corrected chi connectivity index (χ2v) is 7.96. The molecule has 0 spiro atoms. The van der Waals surface area contributed by atoms with Crippen molar-refractivity contribution in [2.45, 2.75) is 25.3 Å². The molecule has 3 rings (SSSR count). The largest absolute Gasteiger partial charge is 0.264 e. The molecule has 0 heterocycles. The molecule has 0 fully saturated rings. The van der Waals surface area contributed by atoms with Crippen molar-refractivity contribution in [3.63, 3.8) is 0 Å². The van der Waals surface area contributed by atoms with Crippen molar-refractivity contribution in [3.05, 3.63) is 95.6 Å². The molecule has 0 bridgehead atoms. The molecule has 128 valence electrons. The topological polar surface area (TPSA) is 37.4 Å². The Morgan fingerprint density at radius 3 is 2.00 bits per heavy atom. The summed E-state index contributed by atoms with van der Waals surface area (Å²) in [5, 5.41) is 0. The first kappa shape index (κ1) is 17.2. The zero-order valence-electron chi connectivity index (χ0n) is 14.4. The highest BCUT2D eigenvalue weighted by Crippen LogP contribution is 2.28. The first-order valence-electron chi connectivity index (χ1n) is 8.17. The fourth-order valence-electron chi connectivity index (χ4n) is 2.72. The van der Waals surface area contributed by atoms with E-state index in [2.05, 4.69) is 0 Å². The van der Waals surface area contributed by atoms with Gasteiger partial charge in [0.1, 0.15) is 0 Å². The third kappa shape index (κ3) is 3.74. The summed E-state index contributed by atoms with van der Waals surface area (Å²) in [6, 6.07) is 24.1. The third-order valence-electron chi connectivity index (χ3n) is 4.16. The fourth-order valence-corrected chi connectivity index (χ4v) is 4.26. The first-order valence-corrected chi connectivity index (χ1v) is 9.61. The summed E-state index contributed by atoms with van der Waals surface area (Å²) >= 11 is 0. The van der Waals surface area contributed by atoms with Gasteiger partial charge in [0.05, 0.1) is 17.1 Å². The van der Waals surface area contributed by atoms with Gasteiger partial charge in [-0.2, -0.15) is 0 Å². The van der Waals surface area contributed by atoms with Crippen LogP contribution in [-0.4, -0.2) is 8.42 Å². The summed E-state index contributed by atoms with van der Waals surface area (Å²) in [6.07, 6.45) is 0. The van der Waals surface area contributed by atoms with E-state index >= 15 is 0 Å². The maximum Gasteiger partial charge on any atom is 0.264 e. The molecule has 0 aliphatic heterocycles. The van der Waals surface area contributed by atoms with Crippen molar-refractivity contribution in [3.8, 4) is 0 Å². The smallest absolute Gasteiger partial charge is 0.262 e. The van der Waals surface area contributed by atoms with Crippen LogP contribution in [0.4, 0.5) is 5.69 Å². The van der Waals surface area contributed by atoms with Crippen LogP contribution in [0, 0.1) is 13.8 Å². The Morgan fingerprint density at radius 1 is 0.760 bits per heavy atom. The summed E-state index contributed by atoms with van der Waals surface area (Å²) in [5.41, 5.74) is 3.73. The van der Waals surface area contributed by atoms with Gasteiger partial charge in [0.15, 0.2) is 0 Å². The van der Waals surface area contributed by atoms with Gasteiger partial charge >= 0.3 is 0 Å². The standard InChI is InChI=1S/C21H21NO2S/c1-17-12-14-19(15-13-17)16-22(21-11-7-6-8-18(21)2)25(23,24)20-9-4-3-5-10-20/h3-15H,16H2,1-2H3. The van der Waals surface area contributed by atoms with Gasteiger partial charge in [0.25, 0.3) is 10.0 Å². The summed E-state index contributed by atoms with van der Waals surface area (Å²) in [6.45, 7) is 4.24. The Hall–Kier alpha value is -2.59. The quantitative estimate of drug-likeness (QED) is 0.668. The Morgan fingerprint density at radius 2 is 1.36 bits per heavy atom. The third-order valence-corrected chi connectivity index (χ3v) is 5.94. The highest BCUT2D eigenvalue weighted by atomic mass is 32.2. The predicted molar refractivity (Wildman–Crippen MR) is 102 cm³/mol. The van der Waals surface area contributed by atoms with Crippen LogP contribution in [0.1, 0.15) is 16.7 Å². The lowest BCUT2D eigenvalue weighted by molar-refractivity contribution is 0.590. The minimum absolute atomic E-state index is 0.294. The van der Waals surface area contributed by atoms with E-state index < -0.39 is 10.0 Å².